The Balaban J connectivity index is 1.90. The van der Waals surface area contributed by atoms with Gasteiger partial charge in [-0.15, -0.1) is 22.0 Å². The highest BCUT2D eigenvalue weighted by Crippen LogP contribution is 2.22. The van der Waals surface area contributed by atoms with E-state index in [4.69, 9.17) is 5.73 Å². The molecule has 0 radical (unpaired) electrons. The van der Waals surface area contributed by atoms with E-state index in [0.717, 1.165) is 10.6 Å². The smallest absolute Gasteiger partial charge is 0.269 e. The van der Waals surface area contributed by atoms with Crippen molar-refractivity contribution in [3.8, 4) is 0 Å². The molecule has 2 rings (SSSR count). The zero-order valence-electron chi connectivity index (χ0n) is 9.28. The van der Waals surface area contributed by atoms with Crippen LogP contribution in [0.15, 0.2) is 24.3 Å². The molecule has 0 unspecified atom stereocenters. The average molecular weight is 282 g/mol. The second-order valence-corrected chi connectivity index (χ2v) is 5.53. The van der Waals surface area contributed by atoms with Gasteiger partial charge in [-0.3, -0.25) is 10.1 Å². The van der Waals surface area contributed by atoms with Crippen LogP contribution in [0.25, 0.3) is 0 Å². The maximum absolute atomic E-state index is 10.6. The van der Waals surface area contributed by atoms with Crippen LogP contribution in [0, 0.1) is 10.1 Å². The Kier molecular flexibility index (Phi) is 4.11. The van der Waals surface area contributed by atoms with Crippen molar-refractivity contribution in [1.82, 2.24) is 10.2 Å². The summed E-state index contributed by atoms with van der Waals surface area (Å²) in [6.45, 7) is 0. The summed E-state index contributed by atoms with van der Waals surface area (Å²) in [7, 11) is 0. The molecule has 0 atom stereocenters. The van der Waals surface area contributed by atoms with Gasteiger partial charge in [0.1, 0.15) is 5.01 Å². The van der Waals surface area contributed by atoms with Crippen molar-refractivity contribution in [2.45, 2.75) is 11.5 Å². The molecular weight excluding hydrogens is 272 g/mol. The first-order chi connectivity index (χ1) is 8.65. The monoisotopic (exact) mass is 282 g/mol. The lowest BCUT2D eigenvalue weighted by molar-refractivity contribution is -0.384. The lowest BCUT2D eigenvalue weighted by atomic mass is 10.2. The predicted molar refractivity (Wildman–Crippen MR) is 72.4 cm³/mol. The number of thioether (sulfide) groups is 1. The van der Waals surface area contributed by atoms with Crippen molar-refractivity contribution in [2.75, 3.05) is 5.73 Å². The first kappa shape index (κ1) is 12.8. The SMILES string of the molecule is Nc1nnc(CSCc2cccc([N+](=O)[O-])c2)s1. The predicted octanol–water partition coefficient (Wildman–Crippen LogP) is 2.46. The molecule has 0 aliphatic rings. The van der Waals surface area contributed by atoms with E-state index < -0.39 is 0 Å². The number of hydrogen-bond acceptors (Lipinski definition) is 7. The number of nitrogen functional groups attached to an aromatic ring is 1. The molecule has 1 heterocycles. The standard InChI is InChI=1S/C10H10N4O2S2/c11-10-13-12-9(18-10)6-17-5-7-2-1-3-8(4-7)14(15)16/h1-4H,5-6H2,(H2,11,13). The van der Waals surface area contributed by atoms with E-state index in [1.807, 2.05) is 6.07 Å². The van der Waals surface area contributed by atoms with Crippen molar-refractivity contribution >= 4 is 33.9 Å². The minimum absolute atomic E-state index is 0.119. The Morgan fingerprint density at radius 1 is 1.39 bits per heavy atom. The van der Waals surface area contributed by atoms with Gasteiger partial charge < -0.3 is 5.73 Å². The van der Waals surface area contributed by atoms with Gasteiger partial charge in [-0.1, -0.05) is 23.5 Å². The summed E-state index contributed by atoms with van der Waals surface area (Å²) in [6, 6.07) is 6.63. The van der Waals surface area contributed by atoms with Crippen molar-refractivity contribution in [3.63, 3.8) is 0 Å². The van der Waals surface area contributed by atoms with Crippen LogP contribution in [-0.2, 0) is 11.5 Å². The van der Waals surface area contributed by atoms with Crippen molar-refractivity contribution in [3.05, 3.63) is 45.0 Å². The summed E-state index contributed by atoms with van der Waals surface area (Å²) in [4.78, 5) is 10.2. The molecule has 2 N–H and O–H groups in total. The van der Waals surface area contributed by atoms with Crippen molar-refractivity contribution in [2.24, 2.45) is 0 Å². The lowest BCUT2D eigenvalue weighted by Gasteiger charge is -1.99. The number of nitrogens with two attached hydrogens (primary N) is 1. The Labute approximate surface area is 111 Å². The van der Waals surface area contributed by atoms with E-state index in [1.165, 1.54) is 17.4 Å². The zero-order chi connectivity index (χ0) is 13.0. The quantitative estimate of drug-likeness (QED) is 0.668. The van der Waals surface area contributed by atoms with Crippen molar-refractivity contribution in [1.29, 1.82) is 0 Å². The number of aromatic nitrogens is 2. The summed E-state index contributed by atoms with van der Waals surface area (Å²) in [5, 5.41) is 19.6. The molecule has 8 heteroatoms. The molecule has 0 saturated heterocycles. The van der Waals surface area contributed by atoms with Gasteiger partial charge in [0.25, 0.3) is 5.69 Å². The minimum atomic E-state index is -0.389. The number of nitro groups is 1. The van der Waals surface area contributed by atoms with E-state index >= 15 is 0 Å². The second kappa shape index (κ2) is 5.78. The Morgan fingerprint density at radius 2 is 2.22 bits per heavy atom. The summed E-state index contributed by atoms with van der Waals surface area (Å²) >= 11 is 2.98. The molecule has 0 spiro atoms. The maximum Gasteiger partial charge on any atom is 0.269 e. The first-order valence-electron chi connectivity index (χ1n) is 5.04. The fourth-order valence-corrected chi connectivity index (χ4v) is 2.98. The van der Waals surface area contributed by atoms with Crippen LogP contribution in [-0.4, -0.2) is 15.1 Å². The number of nitrogens with zero attached hydrogens (tertiary/aromatic N) is 3. The second-order valence-electron chi connectivity index (χ2n) is 3.45. The number of non-ortho nitro benzene ring substituents is 1. The summed E-state index contributed by atoms with van der Waals surface area (Å²) in [6.07, 6.45) is 0. The third kappa shape index (κ3) is 3.41. The largest absolute Gasteiger partial charge is 0.374 e. The molecule has 0 saturated carbocycles. The van der Waals surface area contributed by atoms with Gasteiger partial charge >= 0.3 is 0 Å². The normalized spacial score (nSPS) is 10.4. The third-order valence-corrected chi connectivity index (χ3v) is 4.05. The molecule has 1 aromatic heterocycles. The fraction of sp³-hybridized carbons (Fsp3) is 0.200. The molecule has 0 bridgehead atoms. The lowest BCUT2D eigenvalue weighted by Crippen LogP contribution is -1.89. The summed E-state index contributed by atoms with van der Waals surface area (Å²) in [5.74, 6) is 1.40. The fourth-order valence-electron chi connectivity index (χ4n) is 1.34. The van der Waals surface area contributed by atoms with Gasteiger partial charge in [0.2, 0.25) is 5.13 Å². The number of hydrogen-bond donors (Lipinski definition) is 1. The van der Waals surface area contributed by atoms with Gasteiger partial charge in [-0.2, -0.15) is 0 Å². The number of rotatable bonds is 5. The zero-order valence-corrected chi connectivity index (χ0v) is 10.9. The number of benzene rings is 1. The molecule has 18 heavy (non-hydrogen) atoms. The Hall–Kier alpha value is -1.67. The minimum Gasteiger partial charge on any atom is -0.374 e. The third-order valence-electron chi connectivity index (χ3n) is 2.10. The van der Waals surface area contributed by atoms with Crippen LogP contribution in [0.2, 0.25) is 0 Å². The molecule has 0 aliphatic heterocycles. The average Bonchev–Trinajstić information content (AvgIpc) is 2.75. The van der Waals surface area contributed by atoms with Crippen molar-refractivity contribution < 1.29 is 4.92 Å². The van der Waals surface area contributed by atoms with Crippen LogP contribution in [0.4, 0.5) is 10.8 Å². The highest BCUT2D eigenvalue weighted by Gasteiger charge is 2.06. The van der Waals surface area contributed by atoms with Gasteiger partial charge in [0.05, 0.1) is 4.92 Å². The summed E-state index contributed by atoms with van der Waals surface area (Å²) in [5.41, 5.74) is 6.52. The van der Waals surface area contributed by atoms with E-state index in [2.05, 4.69) is 10.2 Å². The molecule has 6 nitrogen and oxygen atoms in total. The van der Waals surface area contributed by atoms with Gasteiger partial charge in [0, 0.05) is 23.6 Å². The molecular formula is C10H10N4O2S2. The van der Waals surface area contributed by atoms with Crippen LogP contribution in [0.3, 0.4) is 0 Å². The molecule has 2 aromatic rings. The highest BCUT2D eigenvalue weighted by molar-refractivity contribution is 7.97. The molecule has 94 valence electrons. The van der Waals surface area contributed by atoms with E-state index in [1.54, 1.807) is 23.9 Å². The number of nitro benzene ring substituents is 1. The van der Waals surface area contributed by atoms with Crippen LogP contribution in [0.1, 0.15) is 10.6 Å². The molecule has 1 aromatic carbocycles. The Morgan fingerprint density at radius 3 is 2.89 bits per heavy atom. The maximum atomic E-state index is 10.6. The van der Waals surface area contributed by atoms with Gasteiger partial charge in [-0.25, -0.2) is 0 Å². The molecule has 0 fully saturated rings. The van der Waals surface area contributed by atoms with Crippen LogP contribution in [0.5, 0.6) is 0 Å². The van der Waals surface area contributed by atoms with Crippen LogP contribution >= 0.6 is 23.1 Å². The number of anilines is 1. The van der Waals surface area contributed by atoms with Gasteiger partial charge in [0.15, 0.2) is 0 Å². The topological polar surface area (TPSA) is 94.9 Å². The van der Waals surface area contributed by atoms with Gasteiger partial charge in [-0.05, 0) is 5.56 Å². The summed E-state index contributed by atoms with van der Waals surface area (Å²) < 4.78 is 0. The van der Waals surface area contributed by atoms with E-state index in [9.17, 15) is 10.1 Å². The molecule has 0 aliphatic carbocycles. The molecule has 0 amide bonds. The van der Waals surface area contributed by atoms with E-state index in [-0.39, 0.29) is 10.6 Å². The highest BCUT2D eigenvalue weighted by atomic mass is 32.2. The Bertz CT molecular complexity index is 558. The van der Waals surface area contributed by atoms with E-state index in [0.29, 0.717) is 16.6 Å². The first-order valence-corrected chi connectivity index (χ1v) is 7.01. The van der Waals surface area contributed by atoms with Crippen LogP contribution < -0.4 is 5.73 Å².